The van der Waals surface area contributed by atoms with Gasteiger partial charge >= 0.3 is 6.09 Å². The zero-order valence-electron chi connectivity index (χ0n) is 15.2. The van der Waals surface area contributed by atoms with Crippen LogP contribution in [0.25, 0.3) is 5.57 Å². The predicted molar refractivity (Wildman–Crippen MR) is 96.0 cm³/mol. The molecular formula is C19H27N3O2. The minimum Gasteiger partial charge on any atom is -0.444 e. The van der Waals surface area contributed by atoms with Gasteiger partial charge in [0.2, 0.25) is 0 Å². The van der Waals surface area contributed by atoms with Gasteiger partial charge in [0.1, 0.15) is 11.4 Å². The highest BCUT2D eigenvalue weighted by Gasteiger charge is 2.41. The van der Waals surface area contributed by atoms with Crippen molar-refractivity contribution >= 4 is 17.5 Å². The first-order chi connectivity index (χ1) is 11.2. The molecule has 130 valence electrons. The van der Waals surface area contributed by atoms with Gasteiger partial charge in [0.05, 0.1) is 6.04 Å². The first-order valence-electron chi connectivity index (χ1n) is 8.60. The van der Waals surface area contributed by atoms with Crippen molar-refractivity contribution < 1.29 is 9.53 Å². The van der Waals surface area contributed by atoms with Crippen LogP contribution in [0.5, 0.6) is 0 Å². The monoisotopic (exact) mass is 329 g/mol. The lowest BCUT2D eigenvalue weighted by atomic mass is 9.96. The molecular weight excluding hydrogens is 302 g/mol. The maximum absolute atomic E-state index is 12.5. The lowest BCUT2D eigenvalue weighted by molar-refractivity contribution is 0.0175. The van der Waals surface area contributed by atoms with Gasteiger partial charge in [-0.15, -0.1) is 0 Å². The van der Waals surface area contributed by atoms with Crippen molar-refractivity contribution in [1.29, 1.82) is 0 Å². The van der Waals surface area contributed by atoms with Crippen LogP contribution in [0.2, 0.25) is 0 Å². The van der Waals surface area contributed by atoms with E-state index in [0.29, 0.717) is 0 Å². The van der Waals surface area contributed by atoms with Gasteiger partial charge < -0.3 is 9.64 Å². The van der Waals surface area contributed by atoms with Crippen LogP contribution in [0.3, 0.4) is 0 Å². The minimum absolute atomic E-state index is 0.141. The van der Waals surface area contributed by atoms with Crippen molar-refractivity contribution in [3.8, 4) is 0 Å². The first-order valence-corrected chi connectivity index (χ1v) is 8.60. The van der Waals surface area contributed by atoms with Crippen LogP contribution in [0.15, 0.2) is 24.4 Å². The van der Waals surface area contributed by atoms with Crippen LogP contribution in [0, 0.1) is 0 Å². The lowest BCUT2D eigenvalue weighted by Crippen LogP contribution is -2.45. The Bertz CT molecular complexity index is 644. The molecule has 1 aromatic rings. The number of ether oxygens (including phenoxy) is 1. The van der Waals surface area contributed by atoms with Gasteiger partial charge in [0.25, 0.3) is 0 Å². The van der Waals surface area contributed by atoms with Gasteiger partial charge in [-0.3, -0.25) is 4.90 Å². The summed E-state index contributed by atoms with van der Waals surface area (Å²) < 4.78 is 5.58. The number of nitrogens with zero attached hydrogens (tertiary/aromatic N) is 3. The van der Waals surface area contributed by atoms with E-state index in [-0.39, 0.29) is 18.2 Å². The van der Waals surface area contributed by atoms with E-state index in [4.69, 9.17) is 4.74 Å². The Balaban J connectivity index is 1.78. The van der Waals surface area contributed by atoms with Gasteiger partial charge in [-0.25, -0.2) is 9.78 Å². The number of anilines is 1. The second kappa shape index (κ2) is 6.11. The third-order valence-corrected chi connectivity index (χ3v) is 4.58. The van der Waals surface area contributed by atoms with E-state index in [1.807, 2.05) is 56.9 Å². The molecule has 1 fully saturated rings. The van der Waals surface area contributed by atoms with Gasteiger partial charge in [0, 0.05) is 26.3 Å². The number of carbonyl (C=O) groups is 1. The van der Waals surface area contributed by atoms with Crippen molar-refractivity contribution in [1.82, 2.24) is 9.88 Å². The average molecular weight is 329 g/mol. The molecule has 3 rings (SSSR count). The molecule has 0 radical (unpaired) electrons. The average Bonchev–Trinajstić information content (AvgIpc) is 2.76. The molecule has 2 aliphatic rings. The topological polar surface area (TPSA) is 45.7 Å². The summed E-state index contributed by atoms with van der Waals surface area (Å²) in [6.07, 6.45) is 6.89. The Morgan fingerprint density at radius 1 is 1.29 bits per heavy atom. The normalized spacial score (nSPS) is 23.0. The summed E-state index contributed by atoms with van der Waals surface area (Å²) in [6, 6.07) is 4.54. The number of fused-ring (bicyclic) bond motifs is 2. The van der Waals surface area contributed by atoms with Crippen molar-refractivity contribution in [2.75, 3.05) is 19.0 Å². The number of aromatic nitrogens is 1. The highest BCUT2D eigenvalue weighted by molar-refractivity contribution is 5.75. The predicted octanol–water partition coefficient (Wildman–Crippen LogP) is 3.70. The second-order valence-electron chi connectivity index (χ2n) is 7.88. The summed E-state index contributed by atoms with van der Waals surface area (Å²) >= 11 is 0. The van der Waals surface area contributed by atoms with Crippen LogP contribution in [-0.4, -0.2) is 47.8 Å². The molecule has 5 nitrogen and oxygen atoms in total. The summed E-state index contributed by atoms with van der Waals surface area (Å²) in [5.41, 5.74) is 1.99. The van der Waals surface area contributed by atoms with Gasteiger partial charge in [-0.2, -0.15) is 0 Å². The Kier molecular flexibility index (Phi) is 4.28. The fourth-order valence-electron chi connectivity index (χ4n) is 3.48. The maximum Gasteiger partial charge on any atom is 0.411 e. The summed E-state index contributed by atoms with van der Waals surface area (Å²) in [5.74, 6) is 0.952. The molecule has 0 N–H and O–H groups in total. The number of rotatable bonds is 2. The minimum atomic E-state index is -0.452. The Morgan fingerprint density at radius 2 is 2.04 bits per heavy atom. The van der Waals surface area contributed by atoms with Crippen LogP contribution < -0.4 is 4.90 Å². The zero-order valence-corrected chi connectivity index (χ0v) is 15.2. The van der Waals surface area contributed by atoms with E-state index in [1.165, 1.54) is 5.57 Å². The number of amides is 1. The Hall–Kier alpha value is -2.04. The molecule has 2 atom stereocenters. The summed E-state index contributed by atoms with van der Waals surface area (Å²) in [6.45, 7) is 5.74. The SMILES string of the molecule is CN(C)c1ccc(C2=CC3CCC(C2)N3C(=O)OC(C)(C)C)cn1. The molecule has 2 bridgehead atoms. The molecule has 0 aliphatic carbocycles. The zero-order chi connectivity index (χ0) is 17.5. The van der Waals surface area contributed by atoms with Gasteiger partial charge in [0.15, 0.2) is 0 Å². The van der Waals surface area contributed by atoms with Gasteiger partial charge in [-0.1, -0.05) is 6.08 Å². The van der Waals surface area contributed by atoms with Gasteiger partial charge in [-0.05, 0) is 63.3 Å². The molecule has 2 unspecified atom stereocenters. The third-order valence-electron chi connectivity index (χ3n) is 4.58. The quantitative estimate of drug-likeness (QED) is 0.830. The highest BCUT2D eigenvalue weighted by atomic mass is 16.6. The molecule has 1 amide bonds. The molecule has 0 saturated carbocycles. The molecule has 1 aromatic heterocycles. The third kappa shape index (κ3) is 3.40. The molecule has 3 heterocycles. The molecule has 1 saturated heterocycles. The molecule has 5 heteroatoms. The van der Waals surface area contributed by atoms with Crippen LogP contribution in [0.4, 0.5) is 10.6 Å². The van der Waals surface area contributed by atoms with E-state index in [0.717, 1.165) is 30.6 Å². The molecule has 2 aliphatic heterocycles. The fourth-order valence-corrected chi connectivity index (χ4v) is 3.48. The number of hydrogen-bond acceptors (Lipinski definition) is 4. The molecule has 0 spiro atoms. The van der Waals surface area contributed by atoms with Crippen molar-refractivity contribution in [2.24, 2.45) is 0 Å². The summed E-state index contributed by atoms with van der Waals surface area (Å²) in [7, 11) is 3.97. The van der Waals surface area contributed by atoms with Crippen LogP contribution >= 0.6 is 0 Å². The summed E-state index contributed by atoms with van der Waals surface area (Å²) in [5, 5.41) is 0. The van der Waals surface area contributed by atoms with E-state index in [1.54, 1.807) is 0 Å². The maximum atomic E-state index is 12.5. The molecule has 0 aromatic carbocycles. The standard InChI is InChI=1S/C19H27N3O2/c1-19(2,3)24-18(23)22-15-7-8-16(22)11-14(10-15)13-6-9-17(20-12-13)21(4)5/h6,9-10,12,15-16H,7-8,11H2,1-5H3. The number of hydrogen-bond donors (Lipinski definition) is 0. The molecule has 24 heavy (non-hydrogen) atoms. The highest BCUT2D eigenvalue weighted by Crippen LogP contribution is 2.39. The van der Waals surface area contributed by atoms with Crippen LogP contribution in [-0.2, 0) is 4.74 Å². The van der Waals surface area contributed by atoms with E-state index < -0.39 is 5.60 Å². The smallest absolute Gasteiger partial charge is 0.411 e. The van der Waals surface area contributed by atoms with Crippen molar-refractivity contribution in [2.45, 2.75) is 57.7 Å². The van der Waals surface area contributed by atoms with E-state index in [9.17, 15) is 4.79 Å². The van der Waals surface area contributed by atoms with Crippen molar-refractivity contribution in [3.63, 3.8) is 0 Å². The first kappa shape index (κ1) is 16.8. The van der Waals surface area contributed by atoms with E-state index in [2.05, 4.69) is 17.1 Å². The Labute approximate surface area is 144 Å². The Morgan fingerprint density at radius 3 is 2.58 bits per heavy atom. The van der Waals surface area contributed by atoms with Crippen LogP contribution in [0.1, 0.15) is 45.6 Å². The number of carbonyl (C=O) groups excluding carboxylic acids is 1. The lowest BCUT2D eigenvalue weighted by Gasteiger charge is -2.35. The van der Waals surface area contributed by atoms with E-state index >= 15 is 0 Å². The fraction of sp³-hybridized carbons (Fsp3) is 0.579. The summed E-state index contributed by atoms with van der Waals surface area (Å²) in [4.78, 5) is 20.9. The number of pyridine rings is 1. The second-order valence-corrected chi connectivity index (χ2v) is 7.88. The van der Waals surface area contributed by atoms with Crippen molar-refractivity contribution in [3.05, 3.63) is 30.0 Å². The largest absolute Gasteiger partial charge is 0.444 e.